The molecule has 4 atom stereocenters. The predicted molar refractivity (Wildman–Crippen MR) is 153 cm³/mol. The molecule has 1 rings (SSSR count). The molecule has 0 fully saturated rings. The van der Waals surface area contributed by atoms with E-state index in [9.17, 15) is 4.79 Å². The van der Waals surface area contributed by atoms with Crippen LogP contribution in [-0.2, 0) is 10.2 Å². The van der Waals surface area contributed by atoms with Crippen LogP contribution in [0.3, 0.4) is 0 Å². The third kappa shape index (κ3) is 9.53. The number of carbonyl (C=O) groups is 1. The molecule has 4 unspecified atom stereocenters. The van der Waals surface area contributed by atoms with Gasteiger partial charge in [-0.15, -0.1) is 0 Å². The summed E-state index contributed by atoms with van der Waals surface area (Å²) in [5, 5.41) is 6.77. The minimum absolute atomic E-state index is 0.0598. The first-order chi connectivity index (χ1) is 15.7. The van der Waals surface area contributed by atoms with Crippen molar-refractivity contribution in [2.24, 2.45) is 23.5 Å². The van der Waals surface area contributed by atoms with Gasteiger partial charge in [-0.25, -0.2) is 0 Å². The smallest absolute Gasteiger partial charge is 0.223 e. The quantitative estimate of drug-likeness (QED) is 0.287. The molecule has 4 N–H and O–H groups in total. The van der Waals surface area contributed by atoms with Crippen LogP contribution in [0.15, 0.2) is 24.3 Å². The Kier molecular flexibility index (Phi) is 10.6. The maximum absolute atomic E-state index is 13.0. The molecule has 4 nitrogen and oxygen atoms in total. The van der Waals surface area contributed by atoms with Crippen molar-refractivity contribution in [3.8, 4) is 0 Å². The van der Waals surface area contributed by atoms with Gasteiger partial charge in [0.25, 0.3) is 0 Å². The highest BCUT2D eigenvalue weighted by Gasteiger charge is 2.33. The van der Waals surface area contributed by atoms with Crippen molar-refractivity contribution in [3.05, 3.63) is 35.4 Å². The van der Waals surface area contributed by atoms with Gasteiger partial charge in [-0.3, -0.25) is 4.79 Å². The van der Waals surface area contributed by atoms with Crippen molar-refractivity contribution >= 4 is 5.91 Å². The summed E-state index contributed by atoms with van der Waals surface area (Å²) in [4.78, 5) is 13.0. The van der Waals surface area contributed by atoms with Crippen molar-refractivity contribution in [3.63, 3.8) is 0 Å². The Balaban J connectivity index is 2.84. The van der Waals surface area contributed by atoms with Crippen molar-refractivity contribution in [2.75, 3.05) is 7.05 Å². The van der Waals surface area contributed by atoms with E-state index < -0.39 is 0 Å². The van der Waals surface area contributed by atoms with Crippen LogP contribution in [0, 0.1) is 17.8 Å². The fourth-order valence-corrected chi connectivity index (χ4v) is 5.12. The van der Waals surface area contributed by atoms with E-state index in [1.807, 2.05) is 27.8 Å². The van der Waals surface area contributed by atoms with Crippen molar-refractivity contribution in [1.29, 1.82) is 0 Å². The summed E-state index contributed by atoms with van der Waals surface area (Å²) in [5.41, 5.74) is 8.42. The Morgan fingerprint density at radius 1 is 0.857 bits per heavy atom. The topological polar surface area (TPSA) is 67.1 Å². The lowest BCUT2D eigenvalue weighted by Gasteiger charge is -2.37. The molecule has 1 aromatic rings. The van der Waals surface area contributed by atoms with Gasteiger partial charge in [-0.1, -0.05) is 65.8 Å². The molecule has 0 aliphatic heterocycles. The number of hydrogen-bond donors (Lipinski definition) is 3. The largest absolute Gasteiger partial charge is 0.351 e. The van der Waals surface area contributed by atoms with Gasteiger partial charge in [0.2, 0.25) is 5.91 Å². The zero-order valence-electron chi connectivity index (χ0n) is 25.2. The van der Waals surface area contributed by atoms with Crippen LogP contribution in [0.2, 0.25) is 0 Å². The van der Waals surface area contributed by atoms with Crippen LogP contribution >= 0.6 is 0 Å². The summed E-state index contributed by atoms with van der Waals surface area (Å²) in [6.45, 7) is 26.2. The third-order valence-electron chi connectivity index (χ3n) is 8.61. The van der Waals surface area contributed by atoms with E-state index in [0.29, 0.717) is 11.8 Å². The minimum Gasteiger partial charge on any atom is -0.351 e. The van der Waals surface area contributed by atoms with Crippen molar-refractivity contribution in [2.45, 2.75) is 130 Å². The highest BCUT2D eigenvalue weighted by Crippen LogP contribution is 2.35. The monoisotopic (exact) mass is 487 g/mol. The van der Waals surface area contributed by atoms with E-state index >= 15 is 0 Å². The Morgan fingerprint density at radius 3 is 1.83 bits per heavy atom. The summed E-state index contributed by atoms with van der Waals surface area (Å²) in [6, 6.07) is 9.16. The molecule has 0 spiro atoms. The number of hydrogen-bond acceptors (Lipinski definition) is 3. The SMILES string of the molecule is CNC(C)(C)C(C)CC(C)c1ccc(C(C)(C)CC(C)(C)NC(=O)C(C)CC(C)C(C)(C)N)cc1. The molecule has 0 radical (unpaired) electrons. The number of nitrogens with one attached hydrogen (secondary N) is 2. The summed E-state index contributed by atoms with van der Waals surface area (Å²) in [5.74, 6) is 1.41. The number of rotatable bonds is 13. The van der Waals surface area contributed by atoms with Gasteiger partial charge in [0.1, 0.15) is 0 Å². The fourth-order valence-electron chi connectivity index (χ4n) is 5.12. The van der Waals surface area contributed by atoms with Gasteiger partial charge in [0.15, 0.2) is 0 Å². The number of benzene rings is 1. The zero-order valence-corrected chi connectivity index (χ0v) is 25.2. The number of amides is 1. The Bertz CT molecular complexity index is 802. The fraction of sp³-hybridized carbons (Fsp3) is 0.774. The summed E-state index contributed by atoms with van der Waals surface area (Å²) >= 11 is 0. The molecule has 1 amide bonds. The van der Waals surface area contributed by atoms with Gasteiger partial charge in [0.05, 0.1) is 0 Å². The van der Waals surface area contributed by atoms with Crippen LogP contribution in [0.4, 0.5) is 0 Å². The third-order valence-corrected chi connectivity index (χ3v) is 8.61. The van der Waals surface area contributed by atoms with Crippen LogP contribution in [-0.4, -0.2) is 29.6 Å². The number of carbonyl (C=O) groups excluding carboxylic acids is 1. The summed E-state index contributed by atoms with van der Waals surface area (Å²) in [7, 11) is 2.05. The van der Waals surface area contributed by atoms with Gasteiger partial charge < -0.3 is 16.4 Å². The molecule has 0 aliphatic carbocycles. The van der Waals surface area contributed by atoms with Crippen LogP contribution < -0.4 is 16.4 Å². The normalized spacial score (nSPS) is 17.0. The second kappa shape index (κ2) is 11.8. The molecule has 0 heterocycles. The maximum atomic E-state index is 13.0. The Morgan fingerprint density at radius 2 is 1.37 bits per heavy atom. The van der Waals surface area contributed by atoms with Crippen molar-refractivity contribution in [1.82, 2.24) is 10.6 Å². The van der Waals surface area contributed by atoms with E-state index in [4.69, 9.17) is 5.73 Å². The zero-order chi connectivity index (χ0) is 27.4. The summed E-state index contributed by atoms with van der Waals surface area (Å²) < 4.78 is 0. The average Bonchev–Trinajstić information content (AvgIpc) is 2.71. The van der Waals surface area contributed by atoms with E-state index in [1.54, 1.807) is 0 Å². The molecule has 1 aromatic carbocycles. The molecule has 0 aromatic heterocycles. The van der Waals surface area contributed by atoms with Crippen LogP contribution in [0.1, 0.15) is 119 Å². The maximum Gasteiger partial charge on any atom is 0.223 e. The Labute approximate surface area is 217 Å². The molecule has 0 saturated carbocycles. The average molecular weight is 488 g/mol. The predicted octanol–water partition coefficient (Wildman–Crippen LogP) is 6.78. The first-order valence-electron chi connectivity index (χ1n) is 13.6. The molecule has 4 heteroatoms. The Hall–Kier alpha value is -1.39. The molecule has 0 aliphatic rings. The van der Waals surface area contributed by atoms with Gasteiger partial charge >= 0.3 is 0 Å². The first-order valence-corrected chi connectivity index (χ1v) is 13.6. The first kappa shape index (κ1) is 31.6. The van der Waals surface area contributed by atoms with Crippen LogP contribution in [0.25, 0.3) is 0 Å². The lowest BCUT2D eigenvalue weighted by atomic mass is 9.74. The molecular formula is C31H57N3O. The number of nitrogens with two attached hydrogens (primary N) is 1. The molecule has 0 bridgehead atoms. The highest BCUT2D eigenvalue weighted by molar-refractivity contribution is 5.79. The van der Waals surface area contributed by atoms with Gasteiger partial charge in [0, 0.05) is 22.5 Å². The molecular weight excluding hydrogens is 430 g/mol. The van der Waals surface area contributed by atoms with Gasteiger partial charge in [-0.2, -0.15) is 0 Å². The standard InChI is InChI=1S/C31H57N3O/c1-21(18-24(4)31(11,12)33-13)25-14-16-26(17-15-25)28(5,6)20-29(7,8)34-27(35)22(2)19-23(3)30(9,10)32/h14-17,21-24,33H,18-20,32H2,1-13H3,(H,34,35). The molecule has 0 saturated heterocycles. The van der Waals surface area contributed by atoms with E-state index in [-0.39, 0.29) is 39.8 Å². The van der Waals surface area contributed by atoms with E-state index in [1.165, 1.54) is 11.1 Å². The van der Waals surface area contributed by atoms with Crippen molar-refractivity contribution < 1.29 is 4.79 Å². The molecule has 35 heavy (non-hydrogen) atoms. The minimum atomic E-state index is -0.309. The molecule has 202 valence electrons. The summed E-state index contributed by atoms with van der Waals surface area (Å²) in [6.07, 6.45) is 2.80. The second-order valence-electron chi connectivity index (χ2n) is 13.9. The van der Waals surface area contributed by atoms with E-state index in [0.717, 1.165) is 19.3 Å². The lowest BCUT2D eigenvalue weighted by molar-refractivity contribution is -0.127. The lowest BCUT2D eigenvalue weighted by Crippen LogP contribution is -2.49. The second-order valence-corrected chi connectivity index (χ2v) is 13.9. The van der Waals surface area contributed by atoms with E-state index in [2.05, 4.69) is 97.2 Å². The highest BCUT2D eigenvalue weighted by atomic mass is 16.2. The van der Waals surface area contributed by atoms with Gasteiger partial charge in [-0.05, 0) is 102 Å². The van der Waals surface area contributed by atoms with Crippen LogP contribution in [0.5, 0.6) is 0 Å².